The van der Waals surface area contributed by atoms with Crippen LogP contribution in [0.3, 0.4) is 0 Å². The molecule has 25 heavy (non-hydrogen) atoms. The lowest BCUT2D eigenvalue weighted by Gasteiger charge is -2.10. The van der Waals surface area contributed by atoms with E-state index in [1.165, 1.54) is 29.4 Å². The molecule has 0 N–H and O–H groups in total. The number of hydrogen-bond acceptors (Lipinski definition) is 7. The van der Waals surface area contributed by atoms with Gasteiger partial charge in [-0.05, 0) is 11.4 Å². The molecule has 3 aromatic heterocycles. The number of aromatic nitrogens is 2. The number of sulfone groups is 1. The Labute approximate surface area is 158 Å². The molecule has 3 rings (SSSR count). The van der Waals surface area contributed by atoms with E-state index >= 15 is 0 Å². The predicted octanol–water partition coefficient (Wildman–Crippen LogP) is 3.51. The Hall–Kier alpha value is -1.42. The number of thioether (sulfide) groups is 1. The average molecular weight is 413 g/mol. The van der Waals surface area contributed by atoms with Crippen LogP contribution in [0.2, 0.25) is 0 Å². The lowest BCUT2D eigenvalue weighted by molar-refractivity contribution is 0.603. The highest BCUT2D eigenvalue weighted by Crippen LogP contribution is 2.34. The van der Waals surface area contributed by atoms with Gasteiger partial charge in [0.2, 0.25) is 0 Å². The van der Waals surface area contributed by atoms with Gasteiger partial charge in [0.25, 0.3) is 5.56 Å². The molecule has 0 saturated heterocycles. The van der Waals surface area contributed by atoms with Crippen LogP contribution in [0.15, 0.2) is 45.5 Å². The molecular weight excluding hydrogens is 396 g/mol. The van der Waals surface area contributed by atoms with Crippen LogP contribution >= 0.6 is 34.4 Å². The van der Waals surface area contributed by atoms with E-state index in [1.54, 1.807) is 22.0 Å². The monoisotopic (exact) mass is 412 g/mol. The molecule has 0 aromatic carbocycles. The fraction of sp³-hybridized carbons (Fsp3) is 0.250. The van der Waals surface area contributed by atoms with Gasteiger partial charge in [-0.15, -0.1) is 29.3 Å². The third-order valence-corrected chi connectivity index (χ3v) is 7.40. The first kappa shape index (κ1) is 18.4. The largest absolute Gasteiger partial charge is 0.283 e. The Morgan fingerprint density at radius 3 is 2.84 bits per heavy atom. The summed E-state index contributed by atoms with van der Waals surface area (Å²) in [5, 5.41) is 5.07. The van der Waals surface area contributed by atoms with Crippen molar-refractivity contribution in [2.24, 2.45) is 0 Å². The summed E-state index contributed by atoms with van der Waals surface area (Å²) in [6.07, 6.45) is 2.85. The molecule has 3 aromatic rings. The summed E-state index contributed by atoms with van der Waals surface area (Å²) >= 11 is 4.30. The van der Waals surface area contributed by atoms with Crippen LogP contribution in [-0.4, -0.2) is 35.7 Å². The zero-order valence-corrected chi connectivity index (χ0v) is 16.7. The molecule has 0 amide bonds. The van der Waals surface area contributed by atoms with Crippen molar-refractivity contribution in [3.05, 3.63) is 45.9 Å². The summed E-state index contributed by atoms with van der Waals surface area (Å²) in [5.41, 5.74) is 0.786. The Morgan fingerprint density at radius 1 is 1.40 bits per heavy atom. The number of rotatable bonds is 7. The third-order valence-electron chi connectivity index (χ3n) is 3.44. The zero-order chi connectivity index (χ0) is 18.0. The topological polar surface area (TPSA) is 69.0 Å². The minimum absolute atomic E-state index is 0.0462. The van der Waals surface area contributed by atoms with Crippen molar-refractivity contribution in [1.82, 2.24) is 9.55 Å². The molecule has 0 bridgehead atoms. The van der Waals surface area contributed by atoms with E-state index < -0.39 is 9.84 Å². The highest BCUT2D eigenvalue weighted by atomic mass is 32.2. The van der Waals surface area contributed by atoms with Gasteiger partial charge in [0.05, 0.1) is 11.1 Å². The van der Waals surface area contributed by atoms with Crippen molar-refractivity contribution in [1.29, 1.82) is 0 Å². The van der Waals surface area contributed by atoms with Crippen molar-refractivity contribution in [3.63, 3.8) is 0 Å². The van der Waals surface area contributed by atoms with E-state index in [2.05, 4.69) is 11.6 Å². The normalized spacial score (nSPS) is 11.9. The lowest BCUT2D eigenvalue weighted by Crippen LogP contribution is -2.23. The predicted molar refractivity (Wildman–Crippen MR) is 108 cm³/mol. The fourth-order valence-corrected chi connectivity index (χ4v) is 6.31. The van der Waals surface area contributed by atoms with Gasteiger partial charge in [0.1, 0.15) is 14.7 Å². The second kappa shape index (κ2) is 7.45. The van der Waals surface area contributed by atoms with Crippen LogP contribution in [0.1, 0.15) is 0 Å². The van der Waals surface area contributed by atoms with Crippen LogP contribution in [0.5, 0.6) is 0 Å². The Bertz CT molecular complexity index is 1060. The van der Waals surface area contributed by atoms with Gasteiger partial charge in [0.15, 0.2) is 5.16 Å². The van der Waals surface area contributed by atoms with Crippen molar-refractivity contribution >= 4 is 54.5 Å². The van der Waals surface area contributed by atoms with Crippen LogP contribution < -0.4 is 5.56 Å². The summed E-state index contributed by atoms with van der Waals surface area (Å²) in [5.74, 6) is 0.404. The molecule has 5 nitrogen and oxygen atoms in total. The first-order valence-electron chi connectivity index (χ1n) is 7.38. The van der Waals surface area contributed by atoms with E-state index in [9.17, 15) is 13.2 Å². The summed E-state index contributed by atoms with van der Waals surface area (Å²) in [4.78, 5) is 19.4. The molecule has 0 aliphatic heterocycles. The van der Waals surface area contributed by atoms with Crippen LogP contribution in [-0.2, 0) is 16.4 Å². The van der Waals surface area contributed by atoms with Gasteiger partial charge >= 0.3 is 0 Å². The molecule has 0 radical (unpaired) electrons. The first-order chi connectivity index (χ1) is 11.9. The van der Waals surface area contributed by atoms with E-state index in [-0.39, 0.29) is 11.3 Å². The molecule has 0 fully saturated rings. The van der Waals surface area contributed by atoms with Gasteiger partial charge in [-0.3, -0.25) is 9.36 Å². The summed E-state index contributed by atoms with van der Waals surface area (Å²) in [6.45, 7) is 4.05. The second-order valence-corrected chi connectivity index (χ2v) is 10.5. The van der Waals surface area contributed by atoms with Gasteiger partial charge in [0, 0.05) is 34.4 Å². The molecule has 132 valence electrons. The molecule has 0 aliphatic carbocycles. The van der Waals surface area contributed by atoms with E-state index in [0.717, 1.165) is 10.4 Å². The highest BCUT2D eigenvalue weighted by Gasteiger charge is 2.17. The molecule has 0 unspecified atom stereocenters. The number of fused-ring (bicyclic) bond motifs is 1. The maximum Gasteiger partial charge on any atom is 0.263 e. The van der Waals surface area contributed by atoms with Crippen LogP contribution in [0.4, 0.5) is 0 Å². The van der Waals surface area contributed by atoms with Gasteiger partial charge in [-0.1, -0.05) is 23.9 Å². The summed E-state index contributed by atoms with van der Waals surface area (Å²) in [6, 6.07) is 3.94. The highest BCUT2D eigenvalue weighted by molar-refractivity contribution is 8.00. The van der Waals surface area contributed by atoms with E-state index in [4.69, 9.17) is 0 Å². The standard InChI is InChI=1S/C16H16N2O3S4/c1-3-6-18-15(19)13-11(12-5-4-7-22-12)10-24-14(13)17-16(18)23-8-9-25(2,20)21/h3-5,7,10H,1,6,8-9H2,2H3. The molecule has 0 saturated carbocycles. The quantitative estimate of drug-likeness (QED) is 0.337. The minimum atomic E-state index is -3.05. The van der Waals surface area contributed by atoms with Crippen molar-refractivity contribution in [2.75, 3.05) is 17.8 Å². The summed E-state index contributed by atoms with van der Waals surface area (Å²) in [7, 11) is -3.05. The zero-order valence-electron chi connectivity index (χ0n) is 13.5. The van der Waals surface area contributed by atoms with Crippen LogP contribution in [0, 0.1) is 0 Å². The van der Waals surface area contributed by atoms with Crippen LogP contribution in [0.25, 0.3) is 20.7 Å². The van der Waals surface area contributed by atoms with E-state index in [1.807, 2.05) is 22.9 Å². The second-order valence-electron chi connectivity index (χ2n) is 5.38. The Kier molecular flexibility index (Phi) is 5.47. The van der Waals surface area contributed by atoms with Gasteiger partial charge in [-0.2, -0.15) is 0 Å². The van der Waals surface area contributed by atoms with Gasteiger partial charge in [-0.25, -0.2) is 13.4 Å². The molecule has 3 heterocycles. The molecule has 0 spiro atoms. The fourth-order valence-electron chi connectivity index (χ4n) is 2.30. The number of thiophene rings is 2. The molecular formula is C16H16N2O3S4. The first-order valence-corrected chi connectivity index (χ1v) is 12.2. The van der Waals surface area contributed by atoms with Crippen molar-refractivity contribution in [2.45, 2.75) is 11.7 Å². The number of hydrogen-bond donors (Lipinski definition) is 0. The molecule has 9 heteroatoms. The molecule has 0 aliphatic rings. The number of nitrogens with zero attached hydrogens (tertiary/aromatic N) is 2. The molecule has 0 atom stereocenters. The lowest BCUT2D eigenvalue weighted by atomic mass is 10.2. The Morgan fingerprint density at radius 2 is 2.20 bits per heavy atom. The minimum Gasteiger partial charge on any atom is -0.283 e. The van der Waals surface area contributed by atoms with Crippen molar-refractivity contribution in [3.8, 4) is 10.4 Å². The SMILES string of the molecule is C=CCn1c(SCCS(C)(=O)=O)nc2scc(-c3cccs3)c2c1=O. The Balaban J connectivity index is 2.08. The maximum atomic E-state index is 13.0. The van der Waals surface area contributed by atoms with E-state index in [0.29, 0.717) is 27.7 Å². The smallest absolute Gasteiger partial charge is 0.263 e. The average Bonchev–Trinajstić information content (AvgIpc) is 3.18. The van der Waals surface area contributed by atoms with Crippen molar-refractivity contribution < 1.29 is 8.42 Å². The van der Waals surface area contributed by atoms with Gasteiger partial charge < -0.3 is 0 Å². The number of allylic oxidation sites excluding steroid dienone is 1. The maximum absolute atomic E-state index is 13.0. The summed E-state index contributed by atoms with van der Waals surface area (Å²) < 4.78 is 24.2. The third kappa shape index (κ3) is 4.05.